The number of benzene rings is 1. The molecule has 5 aliphatic rings. The summed E-state index contributed by atoms with van der Waals surface area (Å²) in [6.07, 6.45) is 3.54. The molecule has 4 atom stereocenters. The van der Waals surface area contributed by atoms with E-state index < -0.39 is 17.4 Å². The standard InChI is InChI=1S/C22H25N3O6/c26-20(23-5-6-24-7-9-28-10-8-24)18-16-3-4-22(31-16)12-25(21(27)19(18)22)14-1-2-15-17(11-14)30-13-29-15/h1-4,11,16,18-19H,5-10,12-13H2,(H,23,26)/t16-,18+,19+,22+/m1/s1. The zero-order valence-electron chi connectivity index (χ0n) is 17.1. The van der Waals surface area contributed by atoms with Crippen LogP contribution in [0.15, 0.2) is 30.4 Å². The van der Waals surface area contributed by atoms with Gasteiger partial charge in [-0.1, -0.05) is 12.2 Å². The number of morpholine rings is 1. The Morgan fingerprint density at radius 1 is 1.19 bits per heavy atom. The van der Waals surface area contributed by atoms with E-state index in [-0.39, 0.29) is 24.7 Å². The Bertz CT molecular complexity index is 945. The van der Waals surface area contributed by atoms with Gasteiger partial charge >= 0.3 is 0 Å². The Balaban J connectivity index is 1.17. The summed E-state index contributed by atoms with van der Waals surface area (Å²) in [4.78, 5) is 30.5. The molecule has 0 unspecified atom stereocenters. The van der Waals surface area contributed by atoms with Crippen molar-refractivity contribution in [1.29, 1.82) is 0 Å². The van der Waals surface area contributed by atoms with Crippen molar-refractivity contribution in [3.8, 4) is 11.5 Å². The molecule has 5 heterocycles. The summed E-state index contributed by atoms with van der Waals surface area (Å²) in [6, 6.07) is 5.46. The van der Waals surface area contributed by atoms with Crippen LogP contribution in [0.3, 0.4) is 0 Å². The summed E-state index contributed by atoms with van der Waals surface area (Å²) in [5.41, 5.74) is -0.0189. The molecule has 1 spiro atoms. The number of ether oxygens (including phenoxy) is 4. The minimum Gasteiger partial charge on any atom is -0.454 e. The van der Waals surface area contributed by atoms with Gasteiger partial charge in [0.2, 0.25) is 18.6 Å². The average molecular weight is 427 g/mol. The summed E-state index contributed by atoms with van der Waals surface area (Å²) in [6.45, 7) is 5.10. The van der Waals surface area contributed by atoms with Gasteiger partial charge in [0.25, 0.3) is 0 Å². The second kappa shape index (κ2) is 7.22. The van der Waals surface area contributed by atoms with Crippen LogP contribution in [0.2, 0.25) is 0 Å². The molecule has 1 N–H and O–H groups in total. The van der Waals surface area contributed by atoms with E-state index in [9.17, 15) is 9.59 Å². The molecule has 1 aromatic carbocycles. The van der Waals surface area contributed by atoms with Crippen LogP contribution in [0.4, 0.5) is 5.69 Å². The third-order valence-corrected chi connectivity index (χ3v) is 6.90. The minimum absolute atomic E-state index is 0.0842. The lowest BCUT2D eigenvalue weighted by molar-refractivity contribution is -0.132. The first kappa shape index (κ1) is 19.1. The molecule has 5 aliphatic heterocycles. The van der Waals surface area contributed by atoms with Gasteiger partial charge in [-0.05, 0) is 12.1 Å². The molecule has 164 valence electrons. The summed E-state index contributed by atoms with van der Waals surface area (Å²) in [5, 5.41) is 3.03. The van der Waals surface area contributed by atoms with E-state index in [1.165, 1.54) is 0 Å². The Morgan fingerprint density at radius 2 is 2.03 bits per heavy atom. The van der Waals surface area contributed by atoms with Gasteiger partial charge in [-0.25, -0.2) is 0 Å². The number of amides is 2. The Labute approximate surface area is 179 Å². The zero-order chi connectivity index (χ0) is 21.0. The Hall–Kier alpha value is -2.62. The van der Waals surface area contributed by atoms with Gasteiger partial charge in [0, 0.05) is 37.9 Å². The fourth-order valence-corrected chi connectivity index (χ4v) is 5.35. The fourth-order valence-electron chi connectivity index (χ4n) is 5.35. The summed E-state index contributed by atoms with van der Waals surface area (Å²) < 4.78 is 22.4. The minimum atomic E-state index is -0.746. The highest BCUT2D eigenvalue weighted by Gasteiger charge is 2.67. The summed E-state index contributed by atoms with van der Waals surface area (Å²) >= 11 is 0. The molecule has 31 heavy (non-hydrogen) atoms. The first-order chi connectivity index (χ1) is 15.1. The molecule has 0 aliphatic carbocycles. The predicted octanol–water partition coefficient (Wildman–Crippen LogP) is 0.150. The van der Waals surface area contributed by atoms with Crippen LogP contribution in [-0.2, 0) is 19.1 Å². The molecule has 6 rings (SSSR count). The second-order valence-electron chi connectivity index (χ2n) is 8.61. The van der Waals surface area contributed by atoms with Crippen LogP contribution in [0, 0.1) is 11.8 Å². The van der Waals surface area contributed by atoms with Gasteiger partial charge in [-0.15, -0.1) is 0 Å². The molecule has 9 nitrogen and oxygen atoms in total. The van der Waals surface area contributed by atoms with E-state index in [1.807, 2.05) is 24.3 Å². The van der Waals surface area contributed by atoms with Crippen molar-refractivity contribution in [2.75, 3.05) is 57.6 Å². The van der Waals surface area contributed by atoms with Gasteiger partial charge in [-0.3, -0.25) is 14.5 Å². The monoisotopic (exact) mass is 427 g/mol. The maximum atomic E-state index is 13.4. The van der Waals surface area contributed by atoms with Crippen LogP contribution >= 0.6 is 0 Å². The third kappa shape index (κ3) is 3.02. The largest absolute Gasteiger partial charge is 0.454 e. The van der Waals surface area contributed by atoms with Crippen LogP contribution in [0.25, 0.3) is 0 Å². The highest BCUT2D eigenvalue weighted by atomic mass is 16.7. The van der Waals surface area contributed by atoms with Crippen molar-refractivity contribution < 1.29 is 28.5 Å². The van der Waals surface area contributed by atoms with Gasteiger partial charge < -0.3 is 29.2 Å². The van der Waals surface area contributed by atoms with Crippen LogP contribution in [-0.4, -0.2) is 81.1 Å². The smallest absolute Gasteiger partial charge is 0.234 e. The Morgan fingerprint density at radius 3 is 2.90 bits per heavy atom. The lowest BCUT2D eigenvalue weighted by Gasteiger charge is -2.27. The van der Waals surface area contributed by atoms with E-state index >= 15 is 0 Å². The van der Waals surface area contributed by atoms with Crippen molar-refractivity contribution in [2.45, 2.75) is 11.7 Å². The maximum absolute atomic E-state index is 13.4. The molecule has 0 aromatic heterocycles. The maximum Gasteiger partial charge on any atom is 0.234 e. The molecular weight excluding hydrogens is 402 g/mol. The number of nitrogens with zero attached hydrogens (tertiary/aromatic N) is 2. The van der Waals surface area contributed by atoms with E-state index in [2.05, 4.69) is 10.2 Å². The molecule has 3 fully saturated rings. The van der Waals surface area contributed by atoms with Crippen molar-refractivity contribution in [1.82, 2.24) is 10.2 Å². The number of carbonyl (C=O) groups excluding carboxylic acids is 2. The predicted molar refractivity (Wildman–Crippen MR) is 109 cm³/mol. The number of nitrogens with one attached hydrogen (secondary N) is 1. The molecule has 0 saturated carbocycles. The number of hydrogen-bond acceptors (Lipinski definition) is 7. The van der Waals surface area contributed by atoms with Crippen LogP contribution < -0.4 is 19.7 Å². The van der Waals surface area contributed by atoms with Gasteiger partial charge in [0.05, 0.1) is 37.7 Å². The normalized spacial score (nSPS) is 33.2. The molecular formula is C22H25N3O6. The molecule has 2 bridgehead atoms. The highest BCUT2D eigenvalue weighted by molar-refractivity contribution is 6.03. The number of fused-ring (bicyclic) bond motifs is 2. The fraction of sp³-hybridized carbons (Fsp3) is 0.545. The SMILES string of the molecule is O=C(NCCN1CCOCC1)[C@@H]1[C@H]2C(=O)N(c3ccc4c(c3)OCO4)C[C@@]23C=C[C@H]1O3. The van der Waals surface area contributed by atoms with E-state index in [1.54, 1.807) is 11.0 Å². The molecule has 3 saturated heterocycles. The van der Waals surface area contributed by atoms with E-state index in [4.69, 9.17) is 18.9 Å². The quantitative estimate of drug-likeness (QED) is 0.669. The van der Waals surface area contributed by atoms with E-state index in [0.29, 0.717) is 24.6 Å². The number of hydrogen-bond donors (Lipinski definition) is 1. The average Bonchev–Trinajstić information content (AvgIpc) is 3.54. The second-order valence-corrected chi connectivity index (χ2v) is 8.61. The Kier molecular flexibility index (Phi) is 4.45. The number of carbonyl (C=O) groups is 2. The van der Waals surface area contributed by atoms with Crippen molar-refractivity contribution in [3.63, 3.8) is 0 Å². The first-order valence-corrected chi connectivity index (χ1v) is 10.8. The number of rotatable bonds is 5. The topological polar surface area (TPSA) is 89.6 Å². The zero-order valence-corrected chi connectivity index (χ0v) is 17.1. The van der Waals surface area contributed by atoms with Gasteiger partial charge in [0.1, 0.15) is 5.60 Å². The highest BCUT2D eigenvalue weighted by Crippen LogP contribution is 2.53. The van der Waals surface area contributed by atoms with E-state index in [0.717, 1.165) is 38.5 Å². The lowest BCUT2D eigenvalue weighted by Crippen LogP contribution is -2.46. The van der Waals surface area contributed by atoms with Crippen molar-refractivity contribution in [2.24, 2.45) is 11.8 Å². The van der Waals surface area contributed by atoms with Crippen molar-refractivity contribution in [3.05, 3.63) is 30.4 Å². The van der Waals surface area contributed by atoms with Gasteiger partial charge in [-0.2, -0.15) is 0 Å². The number of anilines is 1. The molecule has 2 amide bonds. The lowest BCUT2D eigenvalue weighted by atomic mass is 9.77. The molecule has 1 aromatic rings. The summed E-state index contributed by atoms with van der Waals surface area (Å²) in [5.74, 6) is 0.0632. The van der Waals surface area contributed by atoms with Crippen LogP contribution in [0.5, 0.6) is 11.5 Å². The van der Waals surface area contributed by atoms with Crippen LogP contribution in [0.1, 0.15) is 0 Å². The first-order valence-electron chi connectivity index (χ1n) is 10.8. The summed E-state index contributed by atoms with van der Waals surface area (Å²) in [7, 11) is 0. The third-order valence-electron chi connectivity index (χ3n) is 6.90. The molecule has 9 heteroatoms. The molecule has 0 radical (unpaired) electrons. The van der Waals surface area contributed by atoms with Gasteiger partial charge in [0.15, 0.2) is 11.5 Å². The van der Waals surface area contributed by atoms with Crippen molar-refractivity contribution >= 4 is 17.5 Å².